The Labute approximate surface area is 189 Å². The van der Waals surface area contributed by atoms with Gasteiger partial charge in [-0.25, -0.2) is 4.99 Å². The van der Waals surface area contributed by atoms with Gasteiger partial charge in [-0.3, -0.25) is 0 Å². The summed E-state index contributed by atoms with van der Waals surface area (Å²) < 4.78 is 2.26. The van der Waals surface area contributed by atoms with Gasteiger partial charge < -0.3 is 15.2 Å². The Kier molecular flexibility index (Phi) is 10.1. The quantitative estimate of drug-likeness (QED) is 0.254. The molecular weight excluding hydrogens is 483 g/mol. The molecule has 0 spiro atoms. The van der Waals surface area contributed by atoms with Crippen molar-refractivity contribution in [2.75, 3.05) is 13.1 Å². The highest BCUT2D eigenvalue weighted by Gasteiger charge is 2.14. The monoisotopic (exact) mass is 514 g/mol. The first-order valence-corrected chi connectivity index (χ1v) is 10.8. The Morgan fingerprint density at radius 3 is 2.79 bits per heavy atom. The lowest BCUT2D eigenvalue weighted by molar-refractivity contribution is 0.605. The number of fused-ring (bicyclic) bond motifs is 1. The number of aromatic nitrogens is 3. The topological polar surface area (TPSA) is 67.1 Å². The SMILES string of the molecule is CCNC(=NCc1nnc2n1CCCCC2)NCC(C)Sc1ccccc1.I. The second kappa shape index (κ2) is 12.3. The first-order chi connectivity index (χ1) is 13.3. The van der Waals surface area contributed by atoms with Crippen LogP contribution in [-0.2, 0) is 19.5 Å². The minimum Gasteiger partial charge on any atom is -0.357 e. The number of hydrogen-bond donors (Lipinski definition) is 2. The largest absolute Gasteiger partial charge is 0.357 e. The van der Waals surface area contributed by atoms with E-state index in [0.29, 0.717) is 11.8 Å². The van der Waals surface area contributed by atoms with E-state index in [0.717, 1.165) is 43.7 Å². The molecule has 6 nitrogen and oxygen atoms in total. The summed E-state index contributed by atoms with van der Waals surface area (Å²) in [6.07, 6.45) is 4.72. The fraction of sp³-hybridized carbons (Fsp3) is 0.550. The predicted octanol–water partition coefficient (Wildman–Crippen LogP) is 3.86. The molecule has 0 saturated carbocycles. The lowest BCUT2D eigenvalue weighted by atomic mass is 10.2. The van der Waals surface area contributed by atoms with Gasteiger partial charge >= 0.3 is 0 Å². The average Bonchev–Trinajstić information content (AvgIpc) is 2.91. The fourth-order valence-corrected chi connectivity index (χ4v) is 4.11. The molecule has 0 radical (unpaired) electrons. The molecule has 1 aromatic heterocycles. The third kappa shape index (κ3) is 6.95. The van der Waals surface area contributed by atoms with Crippen LogP contribution in [0.25, 0.3) is 0 Å². The molecule has 2 aromatic rings. The van der Waals surface area contributed by atoms with Gasteiger partial charge in [0.1, 0.15) is 12.4 Å². The minimum absolute atomic E-state index is 0. The molecule has 1 aliphatic heterocycles. The predicted molar refractivity (Wildman–Crippen MR) is 128 cm³/mol. The lowest BCUT2D eigenvalue weighted by Crippen LogP contribution is -2.40. The summed E-state index contributed by atoms with van der Waals surface area (Å²) in [4.78, 5) is 6.03. The molecule has 2 heterocycles. The van der Waals surface area contributed by atoms with Crippen molar-refractivity contribution in [2.24, 2.45) is 4.99 Å². The maximum atomic E-state index is 4.74. The minimum atomic E-state index is 0. The molecule has 1 aromatic carbocycles. The van der Waals surface area contributed by atoms with Crippen LogP contribution in [0.1, 0.15) is 44.8 Å². The van der Waals surface area contributed by atoms with Gasteiger partial charge in [-0.1, -0.05) is 31.5 Å². The number of benzene rings is 1. The van der Waals surface area contributed by atoms with Crippen molar-refractivity contribution in [3.63, 3.8) is 0 Å². The molecule has 0 fully saturated rings. The highest BCUT2D eigenvalue weighted by Crippen LogP contribution is 2.21. The summed E-state index contributed by atoms with van der Waals surface area (Å²) in [6.45, 7) is 7.58. The van der Waals surface area contributed by atoms with Crippen LogP contribution < -0.4 is 10.6 Å². The Hall–Kier alpha value is -1.29. The van der Waals surface area contributed by atoms with E-state index in [4.69, 9.17) is 4.99 Å². The fourth-order valence-electron chi connectivity index (χ4n) is 3.17. The number of guanidine groups is 1. The van der Waals surface area contributed by atoms with Gasteiger partial charge in [0.05, 0.1) is 0 Å². The van der Waals surface area contributed by atoms with Crippen molar-refractivity contribution in [1.29, 1.82) is 0 Å². The molecule has 0 amide bonds. The molecule has 1 aliphatic rings. The van der Waals surface area contributed by atoms with E-state index in [1.165, 1.54) is 24.2 Å². The first-order valence-electron chi connectivity index (χ1n) is 9.91. The Bertz CT molecular complexity index is 734. The smallest absolute Gasteiger partial charge is 0.191 e. The second-order valence-corrected chi connectivity index (χ2v) is 8.32. The molecule has 3 rings (SSSR count). The highest BCUT2D eigenvalue weighted by atomic mass is 127. The molecule has 8 heteroatoms. The maximum Gasteiger partial charge on any atom is 0.191 e. The Balaban J connectivity index is 0.00000280. The van der Waals surface area contributed by atoms with Gasteiger partial charge in [-0.15, -0.1) is 45.9 Å². The number of nitrogens with one attached hydrogen (secondary N) is 2. The molecule has 1 atom stereocenters. The highest BCUT2D eigenvalue weighted by molar-refractivity contribution is 14.0. The molecule has 0 saturated heterocycles. The zero-order valence-corrected chi connectivity index (χ0v) is 19.9. The van der Waals surface area contributed by atoms with Crippen LogP contribution >= 0.6 is 35.7 Å². The van der Waals surface area contributed by atoms with Crippen molar-refractivity contribution >= 4 is 41.7 Å². The number of rotatable bonds is 7. The van der Waals surface area contributed by atoms with E-state index in [-0.39, 0.29) is 24.0 Å². The molecule has 28 heavy (non-hydrogen) atoms. The maximum absolute atomic E-state index is 4.74. The zero-order valence-electron chi connectivity index (χ0n) is 16.7. The van der Waals surface area contributed by atoms with E-state index in [2.05, 4.69) is 63.5 Å². The molecule has 0 bridgehead atoms. The van der Waals surface area contributed by atoms with E-state index in [9.17, 15) is 0 Å². The molecule has 0 aliphatic carbocycles. The van der Waals surface area contributed by atoms with Gasteiger partial charge in [0.2, 0.25) is 0 Å². The van der Waals surface area contributed by atoms with Crippen molar-refractivity contribution in [1.82, 2.24) is 25.4 Å². The van der Waals surface area contributed by atoms with E-state index >= 15 is 0 Å². The molecule has 1 unspecified atom stereocenters. The Morgan fingerprint density at radius 2 is 2.00 bits per heavy atom. The number of nitrogens with zero attached hydrogens (tertiary/aromatic N) is 4. The lowest BCUT2D eigenvalue weighted by Gasteiger charge is -2.15. The number of aliphatic imine (C=N–C) groups is 1. The number of hydrogen-bond acceptors (Lipinski definition) is 4. The summed E-state index contributed by atoms with van der Waals surface area (Å²) in [5, 5.41) is 16.0. The standard InChI is InChI=1S/C20H30N6S.HI/c1-3-21-20(22-14-16(2)27-17-10-6-4-7-11-17)23-15-19-25-24-18-12-8-5-9-13-26(18)19;/h4,6-7,10-11,16H,3,5,8-9,12-15H2,1-2H3,(H2,21,22,23);1H. The van der Waals surface area contributed by atoms with Crippen molar-refractivity contribution in [3.05, 3.63) is 42.0 Å². The summed E-state index contributed by atoms with van der Waals surface area (Å²) in [6, 6.07) is 10.5. The van der Waals surface area contributed by atoms with Crippen molar-refractivity contribution < 1.29 is 0 Å². The summed E-state index contributed by atoms with van der Waals surface area (Å²) >= 11 is 1.87. The molecular formula is C20H31IN6S. The van der Waals surface area contributed by atoms with E-state index in [1.807, 2.05) is 17.8 Å². The van der Waals surface area contributed by atoms with E-state index in [1.54, 1.807) is 0 Å². The second-order valence-electron chi connectivity index (χ2n) is 6.81. The first kappa shape index (κ1) is 23.0. The van der Waals surface area contributed by atoms with Crippen LogP contribution in [0.4, 0.5) is 0 Å². The summed E-state index contributed by atoms with van der Waals surface area (Å²) in [5.41, 5.74) is 0. The van der Waals surface area contributed by atoms with Crippen LogP contribution in [0.3, 0.4) is 0 Å². The van der Waals surface area contributed by atoms with Gasteiger partial charge in [0.25, 0.3) is 0 Å². The van der Waals surface area contributed by atoms with Crippen LogP contribution in [0, 0.1) is 0 Å². The molecule has 154 valence electrons. The third-order valence-electron chi connectivity index (χ3n) is 4.55. The average molecular weight is 514 g/mol. The number of halogens is 1. The van der Waals surface area contributed by atoms with Crippen LogP contribution in [-0.4, -0.2) is 39.1 Å². The van der Waals surface area contributed by atoms with Gasteiger partial charge in [0, 0.05) is 36.2 Å². The number of aryl methyl sites for hydroxylation is 1. The summed E-state index contributed by atoms with van der Waals surface area (Å²) in [7, 11) is 0. The van der Waals surface area contributed by atoms with Gasteiger partial charge in [0.15, 0.2) is 11.8 Å². The van der Waals surface area contributed by atoms with E-state index < -0.39 is 0 Å². The molecule has 2 N–H and O–H groups in total. The number of thioether (sulfide) groups is 1. The third-order valence-corrected chi connectivity index (χ3v) is 5.66. The van der Waals surface area contributed by atoms with Gasteiger partial charge in [-0.05, 0) is 31.9 Å². The van der Waals surface area contributed by atoms with Crippen LogP contribution in [0.2, 0.25) is 0 Å². The Morgan fingerprint density at radius 1 is 1.18 bits per heavy atom. The zero-order chi connectivity index (χ0) is 18.9. The van der Waals surface area contributed by atoms with Crippen molar-refractivity contribution in [3.8, 4) is 0 Å². The van der Waals surface area contributed by atoms with Crippen LogP contribution in [0.5, 0.6) is 0 Å². The normalized spacial score (nSPS) is 15.1. The van der Waals surface area contributed by atoms with Crippen molar-refractivity contribution in [2.45, 2.75) is 62.8 Å². The summed E-state index contributed by atoms with van der Waals surface area (Å²) in [5.74, 6) is 2.92. The van der Waals surface area contributed by atoms with Gasteiger partial charge in [-0.2, -0.15) is 0 Å². The van der Waals surface area contributed by atoms with Crippen LogP contribution in [0.15, 0.2) is 40.2 Å².